The van der Waals surface area contributed by atoms with Gasteiger partial charge < -0.3 is 10.2 Å². The number of carbonyl (C=O) groups is 2. The fraction of sp³-hybridized carbons (Fsp3) is 0.167. The zero-order chi connectivity index (χ0) is 22.0. The van der Waals surface area contributed by atoms with Gasteiger partial charge in [0.1, 0.15) is 5.92 Å². The van der Waals surface area contributed by atoms with Gasteiger partial charge in [0.25, 0.3) is 5.69 Å². The van der Waals surface area contributed by atoms with Crippen LogP contribution in [0.4, 0.5) is 11.4 Å². The molecular formula is C24H21N3O4. The van der Waals surface area contributed by atoms with E-state index >= 15 is 0 Å². The van der Waals surface area contributed by atoms with E-state index in [9.17, 15) is 19.7 Å². The van der Waals surface area contributed by atoms with Gasteiger partial charge in [-0.3, -0.25) is 19.7 Å². The van der Waals surface area contributed by atoms with Crippen LogP contribution >= 0.6 is 0 Å². The molecule has 1 N–H and O–H groups in total. The number of β-lactam (4-membered cyclic amide) rings is 1. The number of nitro groups is 1. The van der Waals surface area contributed by atoms with Crippen molar-refractivity contribution in [2.75, 3.05) is 5.32 Å². The van der Waals surface area contributed by atoms with Gasteiger partial charge in [-0.15, -0.1) is 0 Å². The number of nitro benzene ring substituents is 1. The molecule has 1 saturated heterocycles. The first-order valence-corrected chi connectivity index (χ1v) is 9.95. The number of non-ortho nitro benzene ring substituents is 1. The molecule has 3 aromatic rings. The van der Waals surface area contributed by atoms with E-state index in [1.165, 1.54) is 24.3 Å². The molecule has 156 valence electrons. The summed E-state index contributed by atoms with van der Waals surface area (Å²) in [4.78, 5) is 38.2. The Morgan fingerprint density at radius 1 is 0.968 bits per heavy atom. The third kappa shape index (κ3) is 3.90. The van der Waals surface area contributed by atoms with Gasteiger partial charge in [-0.25, -0.2) is 0 Å². The molecule has 4 rings (SSSR count). The second kappa shape index (κ2) is 8.39. The number of benzene rings is 3. The first kappa shape index (κ1) is 20.3. The number of anilines is 1. The normalized spacial score (nSPS) is 18.7. The van der Waals surface area contributed by atoms with Crippen molar-refractivity contribution in [3.63, 3.8) is 0 Å². The fourth-order valence-electron chi connectivity index (χ4n) is 3.98. The molecule has 0 aromatic heterocycles. The summed E-state index contributed by atoms with van der Waals surface area (Å²) in [5.41, 5.74) is 2.22. The predicted octanol–water partition coefficient (Wildman–Crippen LogP) is 4.49. The minimum atomic E-state index is -0.872. The molecule has 1 fully saturated rings. The van der Waals surface area contributed by atoms with Crippen molar-refractivity contribution in [1.82, 2.24) is 4.90 Å². The van der Waals surface area contributed by atoms with E-state index in [4.69, 9.17) is 0 Å². The fourth-order valence-corrected chi connectivity index (χ4v) is 3.98. The van der Waals surface area contributed by atoms with Crippen LogP contribution in [0.5, 0.6) is 0 Å². The average Bonchev–Trinajstić information content (AvgIpc) is 2.78. The van der Waals surface area contributed by atoms with Gasteiger partial charge in [0.15, 0.2) is 0 Å². The summed E-state index contributed by atoms with van der Waals surface area (Å²) in [5, 5.41) is 13.6. The van der Waals surface area contributed by atoms with Crippen molar-refractivity contribution in [2.24, 2.45) is 5.92 Å². The first-order chi connectivity index (χ1) is 15.0. The largest absolute Gasteiger partial charge is 0.327 e. The van der Waals surface area contributed by atoms with E-state index in [0.29, 0.717) is 5.69 Å². The van der Waals surface area contributed by atoms with Crippen LogP contribution in [-0.4, -0.2) is 21.6 Å². The van der Waals surface area contributed by atoms with Gasteiger partial charge in [-0.05, 0) is 30.2 Å². The zero-order valence-corrected chi connectivity index (χ0v) is 16.8. The van der Waals surface area contributed by atoms with Crippen molar-refractivity contribution in [2.45, 2.75) is 19.0 Å². The number of carbonyl (C=O) groups excluding carboxylic acids is 2. The Bertz CT molecular complexity index is 1100. The van der Waals surface area contributed by atoms with E-state index < -0.39 is 22.8 Å². The van der Waals surface area contributed by atoms with Gasteiger partial charge in [0.2, 0.25) is 11.8 Å². The number of amides is 2. The minimum Gasteiger partial charge on any atom is -0.327 e. The number of hydrogen-bond donors (Lipinski definition) is 1. The van der Waals surface area contributed by atoms with Crippen LogP contribution < -0.4 is 5.32 Å². The molecule has 0 saturated carbocycles. The topological polar surface area (TPSA) is 92.6 Å². The van der Waals surface area contributed by atoms with E-state index in [2.05, 4.69) is 5.32 Å². The van der Waals surface area contributed by atoms with Crippen molar-refractivity contribution in [3.8, 4) is 0 Å². The molecule has 0 aliphatic carbocycles. The summed E-state index contributed by atoms with van der Waals surface area (Å²) >= 11 is 0. The van der Waals surface area contributed by atoms with E-state index in [1.807, 2.05) is 67.6 Å². The molecule has 1 aliphatic rings. The Morgan fingerprint density at radius 3 is 2.13 bits per heavy atom. The number of rotatable bonds is 6. The van der Waals surface area contributed by atoms with Crippen molar-refractivity contribution in [3.05, 3.63) is 106 Å². The summed E-state index contributed by atoms with van der Waals surface area (Å²) in [6, 6.07) is 24.1. The maximum Gasteiger partial charge on any atom is 0.269 e. The minimum absolute atomic E-state index is 0.0669. The highest BCUT2D eigenvalue weighted by Gasteiger charge is 2.54. The maximum absolute atomic E-state index is 13.1. The standard InChI is InChI=1S/C24H21N3O4/c1-16(17-8-4-2-5-9-17)26-22(18-10-6-3-7-11-18)21(24(26)29)23(28)25-19-12-14-20(15-13-19)27(30)31/h2-16,21-22H,1H3,(H,25,28)/t16?,21-,22+/m0/s1. The molecule has 1 aliphatic heterocycles. The summed E-state index contributed by atoms with van der Waals surface area (Å²) in [6.07, 6.45) is 0. The molecule has 0 bridgehead atoms. The van der Waals surface area contributed by atoms with Crippen LogP contribution in [0.3, 0.4) is 0 Å². The maximum atomic E-state index is 13.1. The quantitative estimate of drug-likeness (QED) is 0.278. The molecular weight excluding hydrogens is 394 g/mol. The number of hydrogen-bond acceptors (Lipinski definition) is 4. The Kier molecular flexibility index (Phi) is 5.49. The van der Waals surface area contributed by atoms with Crippen molar-refractivity contribution >= 4 is 23.2 Å². The summed E-state index contributed by atoms with van der Waals surface area (Å²) < 4.78 is 0. The first-order valence-electron chi connectivity index (χ1n) is 9.95. The zero-order valence-electron chi connectivity index (χ0n) is 16.8. The van der Waals surface area contributed by atoms with Crippen LogP contribution in [0.25, 0.3) is 0 Å². The Hall–Kier alpha value is -4.00. The van der Waals surface area contributed by atoms with Crippen LogP contribution in [-0.2, 0) is 9.59 Å². The molecule has 0 radical (unpaired) electrons. The summed E-state index contributed by atoms with van der Waals surface area (Å²) in [6.45, 7) is 1.95. The second-order valence-electron chi connectivity index (χ2n) is 7.46. The van der Waals surface area contributed by atoms with Crippen molar-refractivity contribution in [1.29, 1.82) is 0 Å². The van der Waals surface area contributed by atoms with Crippen LogP contribution in [0.1, 0.15) is 30.1 Å². The number of nitrogens with one attached hydrogen (secondary N) is 1. The van der Waals surface area contributed by atoms with Gasteiger partial charge >= 0.3 is 0 Å². The third-order valence-electron chi connectivity index (χ3n) is 5.60. The smallest absolute Gasteiger partial charge is 0.269 e. The number of nitrogens with zero attached hydrogens (tertiary/aromatic N) is 2. The third-order valence-corrected chi connectivity index (χ3v) is 5.60. The highest BCUT2D eigenvalue weighted by atomic mass is 16.6. The highest BCUT2D eigenvalue weighted by molar-refractivity contribution is 6.11. The lowest BCUT2D eigenvalue weighted by atomic mass is 9.79. The van der Waals surface area contributed by atoms with Gasteiger partial charge in [-0.1, -0.05) is 60.7 Å². The van der Waals surface area contributed by atoms with Gasteiger partial charge in [-0.2, -0.15) is 0 Å². The molecule has 1 unspecified atom stereocenters. The van der Waals surface area contributed by atoms with E-state index in [1.54, 1.807) is 4.90 Å². The Labute approximate surface area is 179 Å². The monoisotopic (exact) mass is 415 g/mol. The predicted molar refractivity (Wildman–Crippen MR) is 116 cm³/mol. The molecule has 3 atom stereocenters. The second-order valence-corrected chi connectivity index (χ2v) is 7.46. The van der Waals surface area contributed by atoms with E-state index in [0.717, 1.165) is 11.1 Å². The van der Waals surface area contributed by atoms with E-state index in [-0.39, 0.29) is 17.6 Å². The lowest BCUT2D eigenvalue weighted by molar-refractivity contribution is -0.384. The Balaban J connectivity index is 1.59. The lowest BCUT2D eigenvalue weighted by Crippen LogP contribution is -2.59. The van der Waals surface area contributed by atoms with Crippen LogP contribution in [0, 0.1) is 16.0 Å². The Morgan fingerprint density at radius 2 is 1.55 bits per heavy atom. The van der Waals surface area contributed by atoms with Gasteiger partial charge in [0.05, 0.1) is 17.0 Å². The lowest BCUT2D eigenvalue weighted by Gasteiger charge is -2.49. The molecule has 7 nitrogen and oxygen atoms in total. The summed E-state index contributed by atoms with van der Waals surface area (Å²) in [5.74, 6) is -1.54. The molecule has 2 amide bonds. The van der Waals surface area contributed by atoms with Crippen LogP contribution in [0.2, 0.25) is 0 Å². The molecule has 0 spiro atoms. The van der Waals surface area contributed by atoms with Crippen molar-refractivity contribution < 1.29 is 14.5 Å². The molecule has 1 heterocycles. The highest BCUT2D eigenvalue weighted by Crippen LogP contribution is 2.46. The average molecular weight is 415 g/mol. The molecule has 7 heteroatoms. The van der Waals surface area contributed by atoms with Gasteiger partial charge in [0, 0.05) is 17.8 Å². The number of likely N-dealkylation sites (tertiary alicyclic amines) is 1. The summed E-state index contributed by atoms with van der Waals surface area (Å²) in [7, 11) is 0. The molecule has 3 aromatic carbocycles. The molecule has 31 heavy (non-hydrogen) atoms. The SMILES string of the molecule is CC(c1ccccc1)N1C(=O)[C@H](C(=O)Nc2ccc([N+](=O)[O-])cc2)[C@H]1c1ccccc1. The van der Waals surface area contributed by atoms with Crippen LogP contribution in [0.15, 0.2) is 84.9 Å².